The molecule has 0 aliphatic rings. The number of aryl methyl sites for hydroxylation is 1. The van der Waals surface area contributed by atoms with E-state index in [9.17, 15) is 13.5 Å². The number of hydrogen-bond donors (Lipinski definition) is 1. The average molecular weight is 294 g/mol. The van der Waals surface area contributed by atoms with E-state index in [0.717, 1.165) is 10.9 Å². The van der Waals surface area contributed by atoms with E-state index in [2.05, 4.69) is 0 Å². The molecule has 0 aliphatic carbocycles. The Kier molecular flexibility index (Phi) is 3.90. The van der Waals surface area contributed by atoms with Crippen molar-refractivity contribution < 1.29 is 17.7 Å². The summed E-state index contributed by atoms with van der Waals surface area (Å²) in [7, 11) is -3.69. The van der Waals surface area contributed by atoms with Crippen LogP contribution in [-0.2, 0) is 10.1 Å². The van der Waals surface area contributed by atoms with E-state index < -0.39 is 10.1 Å². The summed E-state index contributed by atoms with van der Waals surface area (Å²) < 4.78 is 28.9. The fourth-order valence-corrected chi connectivity index (χ4v) is 3.19. The number of rotatable bonds is 4. The SMILES string of the molecule is CCCS(=O)(=O)Oc1c(O)c(C)c(C)c2ccccc12. The van der Waals surface area contributed by atoms with Gasteiger partial charge in [-0.2, -0.15) is 8.42 Å². The maximum Gasteiger partial charge on any atom is 0.309 e. The van der Waals surface area contributed by atoms with Crippen molar-refractivity contribution in [3.05, 3.63) is 35.4 Å². The first kappa shape index (κ1) is 14.7. The van der Waals surface area contributed by atoms with Gasteiger partial charge in [0, 0.05) is 5.39 Å². The molecule has 4 nitrogen and oxygen atoms in total. The Balaban J connectivity index is 2.70. The largest absolute Gasteiger partial charge is 0.504 e. The number of phenolic OH excluding ortho intramolecular Hbond substituents is 1. The Bertz CT molecular complexity index is 748. The third-order valence-electron chi connectivity index (χ3n) is 3.37. The van der Waals surface area contributed by atoms with Gasteiger partial charge >= 0.3 is 10.1 Å². The number of aromatic hydroxyl groups is 1. The summed E-state index contributed by atoms with van der Waals surface area (Å²) in [5.74, 6) is -0.161. The van der Waals surface area contributed by atoms with Crippen molar-refractivity contribution in [2.24, 2.45) is 0 Å². The molecule has 1 N–H and O–H groups in total. The van der Waals surface area contributed by atoms with Gasteiger partial charge in [0.2, 0.25) is 0 Å². The normalized spacial score (nSPS) is 11.8. The standard InChI is InChI=1S/C15H18O4S/c1-4-9-20(17,18)19-15-13-8-6-5-7-12(13)10(2)11(3)14(15)16/h5-8,16H,4,9H2,1-3H3. The van der Waals surface area contributed by atoms with Crippen LogP contribution in [0.25, 0.3) is 10.8 Å². The molecule has 0 atom stereocenters. The highest BCUT2D eigenvalue weighted by Crippen LogP contribution is 2.41. The molecule has 0 aromatic heterocycles. The van der Waals surface area contributed by atoms with E-state index >= 15 is 0 Å². The van der Waals surface area contributed by atoms with Crippen LogP contribution in [0.4, 0.5) is 0 Å². The van der Waals surface area contributed by atoms with Gasteiger partial charge < -0.3 is 9.29 Å². The Morgan fingerprint density at radius 1 is 1.10 bits per heavy atom. The van der Waals surface area contributed by atoms with Gasteiger partial charge in [0.25, 0.3) is 0 Å². The molecular weight excluding hydrogens is 276 g/mol. The monoisotopic (exact) mass is 294 g/mol. The lowest BCUT2D eigenvalue weighted by atomic mass is 9.99. The molecule has 0 amide bonds. The maximum absolute atomic E-state index is 11.9. The van der Waals surface area contributed by atoms with Gasteiger partial charge in [-0.25, -0.2) is 0 Å². The second-order valence-electron chi connectivity index (χ2n) is 4.82. The van der Waals surface area contributed by atoms with Crippen molar-refractivity contribution in [2.45, 2.75) is 27.2 Å². The summed E-state index contributed by atoms with van der Waals surface area (Å²) in [5.41, 5.74) is 1.55. The third-order valence-corrected chi connectivity index (χ3v) is 4.70. The Morgan fingerprint density at radius 2 is 1.70 bits per heavy atom. The van der Waals surface area contributed by atoms with Crippen LogP contribution < -0.4 is 4.18 Å². The molecule has 108 valence electrons. The summed E-state index contributed by atoms with van der Waals surface area (Å²) in [6.07, 6.45) is 0.464. The fraction of sp³-hybridized carbons (Fsp3) is 0.333. The fourth-order valence-electron chi connectivity index (χ4n) is 2.19. The lowest BCUT2D eigenvalue weighted by Gasteiger charge is -2.15. The molecule has 0 spiro atoms. The van der Waals surface area contributed by atoms with Crippen LogP contribution in [-0.4, -0.2) is 19.3 Å². The van der Waals surface area contributed by atoms with Gasteiger partial charge in [0.15, 0.2) is 11.5 Å². The van der Waals surface area contributed by atoms with Crippen molar-refractivity contribution in [3.8, 4) is 11.5 Å². The van der Waals surface area contributed by atoms with E-state index in [1.807, 2.05) is 19.1 Å². The van der Waals surface area contributed by atoms with E-state index in [-0.39, 0.29) is 17.3 Å². The van der Waals surface area contributed by atoms with Crippen molar-refractivity contribution in [1.82, 2.24) is 0 Å². The highest BCUT2D eigenvalue weighted by Gasteiger charge is 2.20. The number of hydrogen-bond acceptors (Lipinski definition) is 4. The second kappa shape index (κ2) is 5.32. The molecule has 2 aromatic carbocycles. The van der Waals surface area contributed by atoms with Gasteiger partial charge in [0.1, 0.15) is 0 Å². The summed E-state index contributed by atoms with van der Waals surface area (Å²) in [6, 6.07) is 7.29. The summed E-state index contributed by atoms with van der Waals surface area (Å²) in [6.45, 7) is 5.40. The van der Waals surface area contributed by atoms with Crippen molar-refractivity contribution in [3.63, 3.8) is 0 Å². The van der Waals surface area contributed by atoms with Gasteiger partial charge in [-0.05, 0) is 36.8 Å². The van der Waals surface area contributed by atoms with E-state index in [4.69, 9.17) is 4.18 Å². The third kappa shape index (κ3) is 2.58. The first-order chi connectivity index (χ1) is 9.37. The highest BCUT2D eigenvalue weighted by atomic mass is 32.2. The maximum atomic E-state index is 11.9. The van der Waals surface area contributed by atoms with Crippen LogP contribution in [0.5, 0.6) is 11.5 Å². The minimum Gasteiger partial charge on any atom is -0.504 e. The predicted molar refractivity (Wildman–Crippen MR) is 79.8 cm³/mol. The van der Waals surface area contributed by atoms with E-state index in [1.165, 1.54) is 0 Å². The first-order valence-corrected chi connectivity index (χ1v) is 8.08. The van der Waals surface area contributed by atoms with Crippen LogP contribution in [0.1, 0.15) is 24.5 Å². The summed E-state index contributed by atoms with van der Waals surface area (Å²) in [4.78, 5) is 0. The molecule has 0 fully saturated rings. The minimum atomic E-state index is -3.69. The average Bonchev–Trinajstić information content (AvgIpc) is 2.41. The van der Waals surface area contributed by atoms with Crippen LogP contribution in [0.3, 0.4) is 0 Å². The van der Waals surface area contributed by atoms with Crippen LogP contribution in [0, 0.1) is 13.8 Å². The minimum absolute atomic E-state index is 0.0251. The zero-order valence-electron chi connectivity index (χ0n) is 11.8. The summed E-state index contributed by atoms with van der Waals surface area (Å²) >= 11 is 0. The zero-order valence-corrected chi connectivity index (χ0v) is 12.6. The number of phenols is 1. The molecule has 0 heterocycles. The molecule has 0 unspecified atom stereocenters. The van der Waals surface area contributed by atoms with Crippen LogP contribution >= 0.6 is 0 Å². The Hall–Kier alpha value is -1.75. The Labute approximate surface area is 119 Å². The van der Waals surface area contributed by atoms with Gasteiger partial charge in [0.05, 0.1) is 5.75 Å². The molecule has 2 rings (SSSR count). The predicted octanol–water partition coefficient (Wildman–Crippen LogP) is 3.28. The smallest absolute Gasteiger partial charge is 0.309 e. The van der Waals surface area contributed by atoms with Crippen LogP contribution in [0.2, 0.25) is 0 Å². The van der Waals surface area contributed by atoms with Crippen molar-refractivity contribution in [2.75, 3.05) is 5.75 Å². The van der Waals surface area contributed by atoms with Crippen molar-refractivity contribution >= 4 is 20.9 Å². The van der Waals surface area contributed by atoms with Crippen LogP contribution in [0.15, 0.2) is 24.3 Å². The topological polar surface area (TPSA) is 63.6 Å². The highest BCUT2D eigenvalue weighted by molar-refractivity contribution is 7.87. The quantitative estimate of drug-likeness (QED) is 0.879. The summed E-state index contributed by atoms with van der Waals surface area (Å²) in [5, 5.41) is 11.7. The molecular formula is C15H18O4S. The van der Waals surface area contributed by atoms with E-state index in [1.54, 1.807) is 26.0 Å². The van der Waals surface area contributed by atoms with Gasteiger partial charge in [-0.3, -0.25) is 0 Å². The molecule has 0 radical (unpaired) electrons. The van der Waals surface area contributed by atoms with Gasteiger partial charge in [-0.15, -0.1) is 0 Å². The first-order valence-electron chi connectivity index (χ1n) is 6.50. The van der Waals surface area contributed by atoms with Crippen molar-refractivity contribution in [1.29, 1.82) is 0 Å². The lowest BCUT2D eigenvalue weighted by molar-refractivity contribution is 0.428. The molecule has 0 aliphatic heterocycles. The van der Waals surface area contributed by atoms with E-state index in [0.29, 0.717) is 17.4 Å². The Morgan fingerprint density at radius 3 is 2.30 bits per heavy atom. The lowest BCUT2D eigenvalue weighted by Crippen LogP contribution is -2.13. The number of benzene rings is 2. The second-order valence-corrected chi connectivity index (χ2v) is 6.51. The molecule has 0 saturated heterocycles. The number of fused-ring (bicyclic) bond motifs is 1. The van der Waals surface area contributed by atoms with Gasteiger partial charge in [-0.1, -0.05) is 31.2 Å². The molecule has 20 heavy (non-hydrogen) atoms. The molecule has 2 aromatic rings. The molecule has 5 heteroatoms. The molecule has 0 saturated carbocycles. The zero-order chi connectivity index (χ0) is 14.9. The molecule has 0 bridgehead atoms.